The van der Waals surface area contributed by atoms with Gasteiger partial charge in [0.1, 0.15) is 11.9 Å². The van der Waals surface area contributed by atoms with Gasteiger partial charge in [-0.2, -0.15) is 0 Å². The predicted molar refractivity (Wildman–Crippen MR) is 183 cm³/mol. The van der Waals surface area contributed by atoms with Crippen molar-refractivity contribution in [1.82, 2.24) is 5.32 Å². The van der Waals surface area contributed by atoms with Gasteiger partial charge in [0, 0.05) is 5.56 Å². The average Bonchev–Trinajstić information content (AvgIpc) is 3.21. The molecule has 0 aliphatic heterocycles. The van der Waals surface area contributed by atoms with Gasteiger partial charge in [-0.25, -0.2) is 4.79 Å². The van der Waals surface area contributed by atoms with E-state index in [4.69, 9.17) is 23.7 Å². The Bertz CT molecular complexity index is 1840. The normalized spacial score (nSPS) is 28.0. The molecule has 0 bridgehead atoms. The molecular formula is C39H45NO9. The maximum absolute atomic E-state index is 14.0. The van der Waals surface area contributed by atoms with Crippen LogP contribution >= 0.6 is 0 Å². The van der Waals surface area contributed by atoms with Gasteiger partial charge in [-0.05, 0) is 126 Å². The number of aliphatic hydroxyl groups is 1. The second-order valence-electron chi connectivity index (χ2n) is 14.2. The van der Waals surface area contributed by atoms with E-state index in [1.165, 1.54) is 13.2 Å². The van der Waals surface area contributed by atoms with Gasteiger partial charge in [-0.15, -0.1) is 0 Å². The van der Waals surface area contributed by atoms with Crippen molar-refractivity contribution in [3.05, 3.63) is 74.9 Å². The number of ether oxygens (including phenoxy) is 5. The summed E-state index contributed by atoms with van der Waals surface area (Å²) in [7, 11) is 6.12. The first kappa shape index (κ1) is 33.1. The molecule has 4 aliphatic rings. The van der Waals surface area contributed by atoms with E-state index in [0.717, 1.165) is 47.9 Å². The number of phenolic OH excluding ortho intramolecular Hbond substituents is 1. The number of carbonyl (C=O) groups is 1. The largest absolute Gasteiger partial charge is 0.508 e. The number of phenols is 1. The number of methoxy groups -OCH3 is 4. The number of carbonyl (C=O) groups excluding carboxylic acids is 1. The molecule has 3 N–H and O–H groups in total. The number of aromatic hydroxyl groups is 1. The third-order valence-corrected chi connectivity index (χ3v) is 12.0. The Labute approximate surface area is 286 Å². The third-order valence-electron chi connectivity index (χ3n) is 12.0. The number of hydrogen-bond acceptors (Lipinski definition) is 9. The fraction of sp³-hybridized carbons (Fsp3) is 0.487. The van der Waals surface area contributed by atoms with Crippen LogP contribution in [-0.4, -0.2) is 50.8 Å². The summed E-state index contributed by atoms with van der Waals surface area (Å²) in [5.41, 5.74) is 4.39. The van der Waals surface area contributed by atoms with E-state index in [2.05, 4.69) is 12.2 Å². The van der Waals surface area contributed by atoms with E-state index in [9.17, 15) is 19.8 Å². The minimum absolute atomic E-state index is 0.128. The Hall–Kier alpha value is -4.44. The first-order chi connectivity index (χ1) is 23.6. The van der Waals surface area contributed by atoms with E-state index < -0.39 is 18.2 Å². The first-order valence-corrected chi connectivity index (χ1v) is 17.1. The molecule has 3 aromatic rings. The molecule has 1 amide bonds. The number of aliphatic hydroxyl groups excluding tert-OH is 1. The van der Waals surface area contributed by atoms with Crippen molar-refractivity contribution in [2.24, 2.45) is 17.3 Å². The molecule has 2 saturated carbocycles. The highest BCUT2D eigenvalue weighted by molar-refractivity contribution is 5.83. The second kappa shape index (κ2) is 12.8. The fourth-order valence-electron chi connectivity index (χ4n) is 9.56. The minimum Gasteiger partial charge on any atom is -0.508 e. The van der Waals surface area contributed by atoms with Crippen LogP contribution in [0.3, 0.4) is 0 Å². The number of fused-ring (bicyclic) bond motifs is 8. The standard InChI is InChI=1S/C39H45NO9/c1-39-15-14-23-22-8-7-21(41)17-27(22)32(19-25(23)28(39)10-13-34(39)43)49-38(44)40-29-11-6-20-16-33(46-3)36(47-4)37(48-5)35(20)24-9-12-31(45-2)30(42)18-26(24)29/h7-9,12,16-18,23,25,28-29,32,34,41,43H,6,10-11,13-15,19H2,1-5H3,(H,40,44). The number of nitrogens with one attached hydrogen (secondary N) is 1. The SMILES string of the molecule is COc1cc2c(c(OC)c1OC)-c1ccc(OC)c(=O)cc1C(NC(=O)OC1CC3C(CCC4(C)C(O)CCC34)c3ccc(O)cc31)CC2. The molecule has 7 atom stereocenters. The third kappa shape index (κ3) is 5.44. The molecule has 0 spiro atoms. The summed E-state index contributed by atoms with van der Waals surface area (Å²) < 4.78 is 28.9. The lowest BCUT2D eigenvalue weighted by Crippen LogP contribution is -2.45. The number of amides is 1. The summed E-state index contributed by atoms with van der Waals surface area (Å²) in [6.07, 6.45) is 3.71. The Morgan fingerprint density at radius 1 is 0.857 bits per heavy atom. The summed E-state index contributed by atoms with van der Waals surface area (Å²) in [6.45, 7) is 2.21. The summed E-state index contributed by atoms with van der Waals surface area (Å²) in [5.74, 6) is 2.53. The molecule has 7 rings (SSSR count). The molecule has 10 nitrogen and oxygen atoms in total. The second-order valence-corrected chi connectivity index (χ2v) is 14.2. The van der Waals surface area contributed by atoms with Gasteiger partial charge >= 0.3 is 6.09 Å². The molecule has 0 aromatic heterocycles. The van der Waals surface area contributed by atoms with Crippen LogP contribution in [0.5, 0.6) is 28.7 Å². The van der Waals surface area contributed by atoms with Gasteiger partial charge < -0.3 is 39.2 Å². The van der Waals surface area contributed by atoms with Crippen LogP contribution < -0.4 is 29.7 Å². The van der Waals surface area contributed by atoms with Crippen LogP contribution in [0.1, 0.15) is 85.8 Å². The highest BCUT2D eigenvalue weighted by Crippen LogP contribution is 2.62. The van der Waals surface area contributed by atoms with Gasteiger partial charge in [0.15, 0.2) is 17.2 Å². The summed E-state index contributed by atoms with van der Waals surface area (Å²) in [6, 6.07) is 11.7. The van der Waals surface area contributed by atoms with Gasteiger partial charge in [0.05, 0.1) is 40.6 Å². The monoisotopic (exact) mass is 671 g/mol. The van der Waals surface area contributed by atoms with Crippen LogP contribution in [0.4, 0.5) is 4.79 Å². The average molecular weight is 672 g/mol. The van der Waals surface area contributed by atoms with Crippen molar-refractivity contribution in [2.75, 3.05) is 28.4 Å². The molecule has 3 aromatic carbocycles. The van der Waals surface area contributed by atoms with Crippen LogP contribution in [-0.2, 0) is 11.2 Å². The zero-order valence-electron chi connectivity index (χ0n) is 28.7. The van der Waals surface area contributed by atoms with E-state index in [-0.39, 0.29) is 40.3 Å². The van der Waals surface area contributed by atoms with Crippen molar-refractivity contribution >= 4 is 6.09 Å². The first-order valence-electron chi connectivity index (χ1n) is 17.1. The molecule has 4 aliphatic carbocycles. The molecule has 49 heavy (non-hydrogen) atoms. The Morgan fingerprint density at radius 3 is 2.37 bits per heavy atom. The van der Waals surface area contributed by atoms with Gasteiger partial charge in [0.25, 0.3) is 0 Å². The molecule has 0 saturated heterocycles. The Kier molecular flexibility index (Phi) is 8.63. The highest BCUT2D eigenvalue weighted by atomic mass is 16.6. The number of benzene rings is 2. The van der Waals surface area contributed by atoms with Gasteiger partial charge in [0.2, 0.25) is 11.2 Å². The lowest BCUT2D eigenvalue weighted by molar-refractivity contribution is -0.0394. The maximum Gasteiger partial charge on any atom is 0.408 e. The van der Waals surface area contributed by atoms with Crippen molar-refractivity contribution < 1.29 is 38.7 Å². The van der Waals surface area contributed by atoms with Crippen molar-refractivity contribution in [3.8, 4) is 39.9 Å². The lowest BCUT2D eigenvalue weighted by atomic mass is 9.55. The number of rotatable bonds is 6. The summed E-state index contributed by atoms with van der Waals surface area (Å²) in [5, 5.41) is 24.6. The molecule has 0 radical (unpaired) electrons. The van der Waals surface area contributed by atoms with E-state index in [1.54, 1.807) is 39.5 Å². The Balaban J connectivity index is 1.24. The summed E-state index contributed by atoms with van der Waals surface area (Å²) in [4.78, 5) is 27.3. The highest BCUT2D eigenvalue weighted by Gasteiger charge is 2.56. The lowest BCUT2D eigenvalue weighted by Gasteiger charge is -2.51. The van der Waals surface area contributed by atoms with Crippen LogP contribution in [0, 0.1) is 17.3 Å². The quantitative estimate of drug-likeness (QED) is 0.266. The smallest absolute Gasteiger partial charge is 0.408 e. The van der Waals surface area contributed by atoms with Crippen LogP contribution in [0.25, 0.3) is 11.1 Å². The van der Waals surface area contributed by atoms with E-state index in [0.29, 0.717) is 53.6 Å². The zero-order valence-corrected chi connectivity index (χ0v) is 28.7. The van der Waals surface area contributed by atoms with Gasteiger partial charge in [-0.3, -0.25) is 4.79 Å². The Morgan fingerprint density at radius 2 is 1.63 bits per heavy atom. The molecule has 2 fully saturated rings. The van der Waals surface area contributed by atoms with E-state index in [1.807, 2.05) is 18.2 Å². The predicted octanol–water partition coefficient (Wildman–Crippen LogP) is 6.58. The molecular weight excluding hydrogens is 626 g/mol. The fourth-order valence-corrected chi connectivity index (χ4v) is 9.56. The van der Waals surface area contributed by atoms with E-state index >= 15 is 0 Å². The summed E-state index contributed by atoms with van der Waals surface area (Å²) >= 11 is 0. The van der Waals surface area contributed by atoms with Gasteiger partial charge in [-0.1, -0.05) is 19.1 Å². The maximum atomic E-state index is 14.0. The van der Waals surface area contributed by atoms with Crippen molar-refractivity contribution in [3.63, 3.8) is 0 Å². The topological polar surface area (TPSA) is 133 Å². The van der Waals surface area contributed by atoms with Crippen molar-refractivity contribution in [2.45, 2.75) is 76.0 Å². The number of aryl methyl sites for hydroxylation is 1. The van der Waals surface area contributed by atoms with Crippen molar-refractivity contribution in [1.29, 1.82) is 0 Å². The zero-order chi connectivity index (χ0) is 34.6. The number of alkyl carbamates (subject to hydrolysis) is 1. The van der Waals surface area contributed by atoms with Crippen LogP contribution in [0.15, 0.2) is 47.3 Å². The molecule has 7 unspecified atom stereocenters. The van der Waals surface area contributed by atoms with Crippen LogP contribution in [0.2, 0.25) is 0 Å². The minimum atomic E-state index is -0.613. The molecule has 0 heterocycles. The molecule has 260 valence electrons. The molecule has 10 heteroatoms. The number of hydrogen-bond donors (Lipinski definition) is 3.